The van der Waals surface area contributed by atoms with Gasteiger partial charge in [-0.1, -0.05) is 33.3 Å². The van der Waals surface area contributed by atoms with Crippen LogP contribution < -0.4 is 0 Å². The summed E-state index contributed by atoms with van der Waals surface area (Å²) in [6, 6.07) is 6.35. The van der Waals surface area contributed by atoms with Gasteiger partial charge in [0.2, 0.25) is 0 Å². The standard InChI is InChI=1S/C19H25N3/c1-6-14(4)19(5,7-2)22-12-21-16-11-13(3)15-9-8-10-20-17(15)18(16)22/h8-12,14H,6-7H2,1-5H3. The number of imidazole rings is 1. The molecule has 2 atom stereocenters. The van der Waals surface area contributed by atoms with Gasteiger partial charge in [0.05, 0.1) is 22.9 Å². The van der Waals surface area contributed by atoms with E-state index in [9.17, 15) is 0 Å². The van der Waals surface area contributed by atoms with Crippen molar-refractivity contribution in [3.8, 4) is 0 Å². The Morgan fingerprint density at radius 1 is 1.27 bits per heavy atom. The molecule has 0 N–H and O–H groups in total. The maximum Gasteiger partial charge on any atom is 0.0964 e. The van der Waals surface area contributed by atoms with Gasteiger partial charge in [-0.2, -0.15) is 0 Å². The van der Waals surface area contributed by atoms with Gasteiger partial charge in [0, 0.05) is 17.1 Å². The summed E-state index contributed by atoms with van der Waals surface area (Å²) in [6.07, 6.45) is 6.12. The van der Waals surface area contributed by atoms with Crippen molar-refractivity contribution in [1.82, 2.24) is 14.5 Å². The van der Waals surface area contributed by atoms with Gasteiger partial charge >= 0.3 is 0 Å². The fourth-order valence-corrected chi connectivity index (χ4v) is 3.48. The first-order chi connectivity index (χ1) is 10.5. The van der Waals surface area contributed by atoms with Gasteiger partial charge in [0.15, 0.2) is 0 Å². The summed E-state index contributed by atoms with van der Waals surface area (Å²) in [7, 11) is 0. The molecule has 22 heavy (non-hydrogen) atoms. The molecule has 0 aliphatic heterocycles. The van der Waals surface area contributed by atoms with E-state index in [4.69, 9.17) is 0 Å². The summed E-state index contributed by atoms with van der Waals surface area (Å²) >= 11 is 0. The van der Waals surface area contributed by atoms with E-state index in [1.807, 2.05) is 18.6 Å². The SMILES string of the molecule is CCC(C)C(C)(CC)n1cnc2cc(C)c3cccnc3c21. The molecule has 116 valence electrons. The second-order valence-electron chi connectivity index (χ2n) is 6.60. The van der Waals surface area contributed by atoms with Crippen LogP contribution in [0.25, 0.3) is 21.9 Å². The number of benzene rings is 1. The Labute approximate surface area is 132 Å². The predicted octanol–water partition coefficient (Wildman–Crippen LogP) is 5.06. The smallest absolute Gasteiger partial charge is 0.0964 e. The summed E-state index contributed by atoms with van der Waals surface area (Å²) in [5.74, 6) is 0.579. The Bertz CT molecular complexity index is 818. The number of rotatable bonds is 4. The summed E-state index contributed by atoms with van der Waals surface area (Å²) in [5.41, 5.74) is 4.58. The van der Waals surface area contributed by atoms with E-state index in [1.165, 1.54) is 16.5 Å². The second kappa shape index (κ2) is 5.38. The van der Waals surface area contributed by atoms with E-state index in [2.05, 4.69) is 61.3 Å². The van der Waals surface area contributed by atoms with Crippen LogP contribution in [0.15, 0.2) is 30.7 Å². The monoisotopic (exact) mass is 295 g/mol. The van der Waals surface area contributed by atoms with Crippen LogP contribution in [0.3, 0.4) is 0 Å². The largest absolute Gasteiger partial charge is 0.323 e. The molecule has 0 fully saturated rings. The molecule has 0 amide bonds. The molecule has 0 spiro atoms. The van der Waals surface area contributed by atoms with Crippen molar-refractivity contribution in [2.24, 2.45) is 5.92 Å². The molecule has 0 saturated heterocycles. The fourth-order valence-electron chi connectivity index (χ4n) is 3.48. The molecule has 2 unspecified atom stereocenters. The maximum absolute atomic E-state index is 4.68. The third-order valence-corrected chi connectivity index (χ3v) is 5.55. The molecule has 0 aliphatic carbocycles. The number of hydrogen-bond acceptors (Lipinski definition) is 2. The number of fused-ring (bicyclic) bond motifs is 3. The number of aryl methyl sites for hydroxylation is 1. The Kier molecular flexibility index (Phi) is 3.67. The first-order valence-electron chi connectivity index (χ1n) is 8.24. The van der Waals surface area contributed by atoms with E-state index < -0.39 is 0 Å². The Morgan fingerprint density at radius 3 is 2.73 bits per heavy atom. The van der Waals surface area contributed by atoms with Crippen LogP contribution in [0.1, 0.15) is 46.1 Å². The molecule has 3 rings (SSSR count). The third kappa shape index (κ3) is 2.03. The predicted molar refractivity (Wildman–Crippen MR) is 93.2 cm³/mol. The van der Waals surface area contributed by atoms with Crippen LogP contribution >= 0.6 is 0 Å². The molecule has 2 heterocycles. The Balaban J connectivity index is 2.39. The van der Waals surface area contributed by atoms with E-state index in [0.29, 0.717) is 5.92 Å². The van der Waals surface area contributed by atoms with Gasteiger partial charge in [-0.3, -0.25) is 4.98 Å². The van der Waals surface area contributed by atoms with Gasteiger partial charge in [-0.15, -0.1) is 0 Å². The van der Waals surface area contributed by atoms with E-state index in [0.717, 1.165) is 23.9 Å². The van der Waals surface area contributed by atoms with Crippen LogP contribution in [0.4, 0.5) is 0 Å². The summed E-state index contributed by atoms with van der Waals surface area (Å²) in [6.45, 7) is 11.3. The lowest BCUT2D eigenvalue weighted by atomic mass is 9.82. The topological polar surface area (TPSA) is 30.7 Å². The molecular formula is C19H25N3. The molecule has 3 heteroatoms. The first-order valence-corrected chi connectivity index (χ1v) is 8.24. The van der Waals surface area contributed by atoms with Crippen LogP contribution in [-0.4, -0.2) is 14.5 Å². The van der Waals surface area contributed by atoms with Crippen molar-refractivity contribution >= 4 is 21.9 Å². The van der Waals surface area contributed by atoms with Crippen molar-refractivity contribution in [3.63, 3.8) is 0 Å². The van der Waals surface area contributed by atoms with Gasteiger partial charge in [-0.05, 0) is 43.9 Å². The van der Waals surface area contributed by atoms with Crippen molar-refractivity contribution in [2.75, 3.05) is 0 Å². The highest BCUT2D eigenvalue weighted by Crippen LogP contribution is 2.37. The fraction of sp³-hybridized carbons (Fsp3) is 0.474. The van der Waals surface area contributed by atoms with Gasteiger partial charge < -0.3 is 4.57 Å². The quantitative estimate of drug-likeness (QED) is 0.673. The molecule has 0 bridgehead atoms. The van der Waals surface area contributed by atoms with Gasteiger partial charge in [-0.25, -0.2) is 4.98 Å². The lowest BCUT2D eigenvalue weighted by molar-refractivity contribution is 0.197. The van der Waals surface area contributed by atoms with Crippen molar-refractivity contribution < 1.29 is 0 Å². The zero-order valence-electron chi connectivity index (χ0n) is 14.2. The van der Waals surface area contributed by atoms with Gasteiger partial charge in [0.25, 0.3) is 0 Å². The Morgan fingerprint density at radius 2 is 2.05 bits per heavy atom. The van der Waals surface area contributed by atoms with Crippen LogP contribution in [0.5, 0.6) is 0 Å². The highest BCUT2D eigenvalue weighted by atomic mass is 15.1. The highest BCUT2D eigenvalue weighted by Gasteiger charge is 2.32. The normalized spacial score (nSPS) is 16.0. The number of hydrogen-bond donors (Lipinski definition) is 0. The molecule has 0 radical (unpaired) electrons. The molecule has 2 aromatic heterocycles. The van der Waals surface area contributed by atoms with Crippen LogP contribution in [0, 0.1) is 12.8 Å². The molecule has 0 aliphatic rings. The van der Waals surface area contributed by atoms with Crippen LogP contribution in [-0.2, 0) is 5.54 Å². The molecule has 1 aromatic carbocycles. The van der Waals surface area contributed by atoms with Crippen molar-refractivity contribution in [2.45, 2.75) is 53.0 Å². The summed E-state index contributed by atoms with van der Waals surface area (Å²) in [4.78, 5) is 9.36. The van der Waals surface area contributed by atoms with E-state index in [-0.39, 0.29) is 5.54 Å². The van der Waals surface area contributed by atoms with E-state index >= 15 is 0 Å². The minimum atomic E-state index is 0.0587. The lowest BCUT2D eigenvalue weighted by Gasteiger charge is -2.36. The maximum atomic E-state index is 4.68. The number of aromatic nitrogens is 3. The van der Waals surface area contributed by atoms with Gasteiger partial charge in [0.1, 0.15) is 0 Å². The molecule has 0 saturated carbocycles. The summed E-state index contributed by atoms with van der Waals surface area (Å²) < 4.78 is 2.37. The first kappa shape index (κ1) is 15.0. The molecule has 3 aromatic rings. The minimum Gasteiger partial charge on any atom is -0.323 e. The molecular weight excluding hydrogens is 270 g/mol. The van der Waals surface area contributed by atoms with Crippen molar-refractivity contribution in [1.29, 1.82) is 0 Å². The number of nitrogens with zero attached hydrogens (tertiary/aromatic N) is 3. The zero-order chi connectivity index (χ0) is 15.9. The average Bonchev–Trinajstić information content (AvgIpc) is 2.98. The molecule has 3 nitrogen and oxygen atoms in total. The lowest BCUT2D eigenvalue weighted by Crippen LogP contribution is -2.35. The highest BCUT2D eigenvalue weighted by molar-refractivity contribution is 6.03. The second-order valence-corrected chi connectivity index (χ2v) is 6.60. The van der Waals surface area contributed by atoms with E-state index in [1.54, 1.807) is 0 Å². The average molecular weight is 295 g/mol. The minimum absolute atomic E-state index is 0.0587. The zero-order valence-corrected chi connectivity index (χ0v) is 14.2. The summed E-state index contributed by atoms with van der Waals surface area (Å²) in [5, 5.41) is 1.22. The Hall–Kier alpha value is -1.90. The van der Waals surface area contributed by atoms with Crippen molar-refractivity contribution in [3.05, 3.63) is 36.3 Å². The third-order valence-electron chi connectivity index (χ3n) is 5.55. The van der Waals surface area contributed by atoms with Crippen LogP contribution in [0.2, 0.25) is 0 Å². The number of pyridine rings is 1.